The van der Waals surface area contributed by atoms with Crippen molar-refractivity contribution in [1.82, 2.24) is 0 Å². The number of hydrogen-bond acceptors (Lipinski definition) is 4. The van der Waals surface area contributed by atoms with Crippen LogP contribution in [0.5, 0.6) is 0 Å². The first-order valence-corrected chi connectivity index (χ1v) is 11.2. The van der Waals surface area contributed by atoms with Gasteiger partial charge in [0.15, 0.2) is 5.78 Å². The molecule has 0 atom stereocenters. The lowest BCUT2D eigenvalue weighted by atomic mass is 9.91. The Balaban J connectivity index is 2.04. The van der Waals surface area contributed by atoms with Crippen LogP contribution in [-0.4, -0.2) is 20.4 Å². The van der Waals surface area contributed by atoms with Crippen LogP contribution in [0.1, 0.15) is 30.0 Å². The fourth-order valence-electron chi connectivity index (χ4n) is 3.34. The third-order valence-corrected chi connectivity index (χ3v) is 6.40. The zero-order chi connectivity index (χ0) is 23.5. The van der Waals surface area contributed by atoms with E-state index in [0.29, 0.717) is 18.1 Å². The Bertz CT molecular complexity index is 1250. The summed E-state index contributed by atoms with van der Waals surface area (Å²) in [6, 6.07) is 11.6. The Morgan fingerprint density at radius 2 is 1.81 bits per heavy atom. The largest absolute Gasteiger partial charge is 0.417 e. The maximum atomic E-state index is 13.8. The van der Waals surface area contributed by atoms with Crippen molar-refractivity contribution in [2.75, 3.05) is 4.72 Å². The number of nitrogens with one attached hydrogen (secondary N) is 1. The molecule has 0 heterocycles. The number of carbonyl (C=O) groups excluding carboxylic acids is 1. The zero-order valence-corrected chi connectivity index (χ0v) is 17.8. The van der Waals surface area contributed by atoms with Crippen LogP contribution < -0.4 is 4.72 Å². The van der Waals surface area contributed by atoms with Crippen molar-refractivity contribution in [2.24, 2.45) is 0 Å². The molecule has 0 saturated carbocycles. The number of alkyl halides is 3. The molecule has 32 heavy (non-hydrogen) atoms. The number of ketones is 1. The number of hydrogen-bond donors (Lipinski definition) is 1. The summed E-state index contributed by atoms with van der Waals surface area (Å²) in [7, 11) is -4.20. The van der Waals surface area contributed by atoms with E-state index >= 15 is 0 Å². The number of nitrogens with zero attached hydrogens (tertiary/aromatic N) is 1. The van der Waals surface area contributed by atoms with Crippen molar-refractivity contribution in [3.8, 4) is 6.07 Å². The molecule has 2 aromatic carbocycles. The van der Waals surface area contributed by atoms with Gasteiger partial charge in [0.1, 0.15) is 0 Å². The molecule has 0 aromatic heterocycles. The van der Waals surface area contributed by atoms with Gasteiger partial charge < -0.3 is 0 Å². The third-order valence-electron chi connectivity index (χ3n) is 5.02. The highest BCUT2D eigenvalue weighted by Crippen LogP contribution is 2.38. The van der Waals surface area contributed by atoms with Gasteiger partial charge in [0.05, 0.1) is 23.0 Å². The van der Waals surface area contributed by atoms with Crippen molar-refractivity contribution >= 4 is 27.1 Å². The average molecular weight is 460 g/mol. The SMILES string of the molecule is CC/C1=C\Cc2ccc(S(=O)(=O)Nc3ccc(CC#N)cc3)cc2/C(C(F)(F)F)=C\C1=O. The zero-order valence-electron chi connectivity index (χ0n) is 17.0. The molecule has 0 radical (unpaired) electrons. The Hall–Kier alpha value is -3.38. The average Bonchev–Trinajstić information content (AvgIpc) is 2.72. The first-order valence-electron chi connectivity index (χ1n) is 9.69. The van der Waals surface area contributed by atoms with Gasteiger partial charge in [-0.3, -0.25) is 9.52 Å². The molecule has 0 bridgehead atoms. The Morgan fingerprint density at radius 3 is 2.41 bits per heavy atom. The number of halogens is 3. The standard InChI is InChI=1S/C23H19F3N2O3S/c1-2-16-5-6-17-7-10-19(13-20(17)21(14-22(16)29)23(24,25)26)32(30,31)28-18-8-3-15(4-9-18)11-12-27/h3-5,7-10,13-14,28H,2,6,11H2,1H3/b16-5+,21-14+. The maximum Gasteiger partial charge on any atom is 0.417 e. The lowest BCUT2D eigenvalue weighted by Gasteiger charge is -2.19. The van der Waals surface area contributed by atoms with Crippen molar-refractivity contribution in [3.63, 3.8) is 0 Å². The molecule has 2 aromatic rings. The smallest absolute Gasteiger partial charge is 0.290 e. The van der Waals surface area contributed by atoms with Crippen LogP contribution in [0.3, 0.4) is 0 Å². The molecule has 0 spiro atoms. The van der Waals surface area contributed by atoms with Crippen LogP contribution in [0.25, 0.3) is 5.57 Å². The fraction of sp³-hybridized carbons (Fsp3) is 0.217. The molecular weight excluding hydrogens is 441 g/mol. The van der Waals surface area contributed by atoms with E-state index in [4.69, 9.17) is 5.26 Å². The number of benzene rings is 2. The summed E-state index contributed by atoms with van der Waals surface area (Å²) >= 11 is 0. The van der Waals surface area contributed by atoms with Crippen LogP contribution in [0, 0.1) is 11.3 Å². The van der Waals surface area contributed by atoms with Crippen molar-refractivity contribution in [1.29, 1.82) is 5.26 Å². The van der Waals surface area contributed by atoms with Gasteiger partial charge in [-0.15, -0.1) is 0 Å². The molecule has 3 rings (SSSR count). The van der Waals surface area contributed by atoms with E-state index in [1.54, 1.807) is 25.1 Å². The summed E-state index contributed by atoms with van der Waals surface area (Å²) in [6.45, 7) is 1.68. The number of carbonyl (C=O) groups is 1. The Kier molecular flexibility index (Phi) is 6.55. The van der Waals surface area contributed by atoms with E-state index in [-0.39, 0.29) is 40.1 Å². The van der Waals surface area contributed by atoms with Gasteiger partial charge in [0.25, 0.3) is 10.0 Å². The number of rotatable bonds is 5. The Morgan fingerprint density at radius 1 is 1.12 bits per heavy atom. The van der Waals surface area contributed by atoms with E-state index < -0.39 is 27.6 Å². The van der Waals surface area contributed by atoms with E-state index in [9.17, 15) is 26.4 Å². The van der Waals surface area contributed by atoms with Crippen LogP contribution in [-0.2, 0) is 27.7 Å². The molecule has 0 saturated heterocycles. The topological polar surface area (TPSA) is 87.0 Å². The minimum absolute atomic E-state index is 0.0752. The molecule has 5 nitrogen and oxygen atoms in total. The van der Waals surface area contributed by atoms with Crippen LogP contribution >= 0.6 is 0 Å². The first kappa shape index (κ1) is 23.3. The lowest BCUT2D eigenvalue weighted by Crippen LogP contribution is -2.18. The molecule has 0 amide bonds. The van der Waals surface area contributed by atoms with E-state index in [0.717, 1.165) is 6.07 Å². The number of sulfonamides is 1. The van der Waals surface area contributed by atoms with Crippen molar-refractivity contribution in [3.05, 3.63) is 76.9 Å². The highest BCUT2D eigenvalue weighted by atomic mass is 32.2. The summed E-state index contributed by atoms with van der Waals surface area (Å²) in [5, 5.41) is 8.71. The summed E-state index contributed by atoms with van der Waals surface area (Å²) in [6.07, 6.45) is -2.21. The van der Waals surface area contributed by atoms with Gasteiger partial charge in [-0.2, -0.15) is 18.4 Å². The predicted molar refractivity (Wildman–Crippen MR) is 114 cm³/mol. The number of allylic oxidation sites excluding steroid dienone is 4. The van der Waals surface area contributed by atoms with Gasteiger partial charge in [-0.05, 0) is 65.4 Å². The predicted octanol–water partition coefficient (Wildman–Crippen LogP) is 4.96. The maximum absolute atomic E-state index is 13.8. The summed E-state index contributed by atoms with van der Waals surface area (Å²) in [4.78, 5) is 11.9. The van der Waals surface area contributed by atoms with Crippen molar-refractivity contribution < 1.29 is 26.4 Å². The number of nitriles is 1. The second kappa shape index (κ2) is 9.01. The Labute approximate surface area is 183 Å². The van der Waals surface area contributed by atoms with E-state index in [2.05, 4.69) is 4.72 Å². The number of fused-ring (bicyclic) bond motifs is 1. The van der Waals surface area contributed by atoms with Gasteiger partial charge in [0, 0.05) is 5.69 Å². The summed E-state index contributed by atoms with van der Waals surface area (Å²) < 4.78 is 69.3. The third kappa shape index (κ3) is 5.08. The molecule has 1 aliphatic rings. The van der Waals surface area contributed by atoms with E-state index in [1.165, 1.54) is 24.3 Å². The molecule has 0 fully saturated rings. The molecule has 0 aliphatic heterocycles. The summed E-state index contributed by atoms with van der Waals surface area (Å²) in [5.74, 6) is -0.741. The van der Waals surface area contributed by atoms with Crippen LogP contribution in [0.2, 0.25) is 0 Å². The van der Waals surface area contributed by atoms with Crippen LogP contribution in [0.4, 0.5) is 18.9 Å². The van der Waals surface area contributed by atoms with Crippen LogP contribution in [0.15, 0.2) is 65.1 Å². The highest BCUT2D eigenvalue weighted by molar-refractivity contribution is 7.92. The fourth-order valence-corrected chi connectivity index (χ4v) is 4.42. The molecule has 1 N–H and O–H groups in total. The second-order valence-electron chi connectivity index (χ2n) is 7.16. The second-order valence-corrected chi connectivity index (χ2v) is 8.85. The molecular formula is C23H19F3N2O3S. The monoisotopic (exact) mass is 460 g/mol. The normalized spacial score (nSPS) is 17.7. The molecule has 9 heteroatoms. The van der Waals surface area contributed by atoms with Gasteiger partial charge in [-0.25, -0.2) is 8.42 Å². The van der Waals surface area contributed by atoms with Gasteiger partial charge >= 0.3 is 6.18 Å². The number of anilines is 1. The minimum Gasteiger partial charge on any atom is -0.290 e. The summed E-state index contributed by atoms with van der Waals surface area (Å²) in [5.41, 5.74) is -0.0715. The minimum atomic E-state index is -4.84. The van der Waals surface area contributed by atoms with Gasteiger partial charge in [-0.1, -0.05) is 31.2 Å². The van der Waals surface area contributed by atoms with E-state index in [1.807, 2.05) is 6.07 Å². The van der Waals surface area contributed by atoms with Crippen molar-refractivity contribution in [2.45, 2.75) is 37.3 Å². The molecule has 1 aliphatic carbocycles. The molecule has 0 unspecified atom stereocenters. The quantitative estimate of drug-likeness (QED) is 0.683. The lowest BCUT2D eigenvalue weighted by molar-refractivity contribution is -0.112. The highest BCUT2D eigenvalue weighted by Gasteiger charge is 2.37. The van der Waals surface area contributed by atoms with Gasteiger partial charge in [0.2, 0.25) is 0 Å². The first-order chi connectivity index (χ1) is 15.0. The molecule has 166 valence electrons.